The second-order valence-corrected chi connectivity index (χ2v) is 18.2. The normalized spacial score (nSPS) is 11.7. The lowest BCUT2D eigenvalue weighted by Crippen LogP contribution is -2.16. The van der Waals surface area contributed by atoms with Crippen molar-refractivity contribution in [3.8, 4) is 5.75 Å². The molecule has 0 bridgehead atoms. The van der Waals surface area contributed by atoms with Crippen LogP contribution in [-0.2, 0) is 111 Å². The molecule has 0 amide bonds. The smallest absolute Gasteiger partial charge is 0.119 e. The highest BCUT2D eigenvalue weighted by molar-refractivity contribution is 5.27. The number of unbranched alkanes of at least 4 members (excludes halogenated alkanes) is 5. The highest BCUT2D eigenvalue weighted by Crippen LogP contribution is 2.15. The number of ether oxygens (including phenoxy) is 23. The number of aliphatic hydroxyl groups excluding tert-OH is 1. The molecule has 0 fully saturated rings. The van der Waals surface area contributed by atoms with E-state index in [0.29, 0.717) is 297 Å². The second-order valence-electron chi connectivity index (χ2n) is 18.2. The van der Waals surface area contributed by atoms with E-state index in [2.05, 4.69) is 19.1 Å². The molecule has 1 aromatic carbocycles. The highest BCUT2D eigenvalue weighted by Gasteiger charge is 2.02. The molecule has 84 heavy (non-hydrogen) atoms. The van der Waals surface area contributed by atoms with E-state index in [1.807, 2.05) is 12.1 Å². The molecule has 0 aliphatic heterocycles. The van der Waals surface area contributed by atoms with Gasteiger partial charge in [-0.3, -0.25) is 0 Å². The molecule has 24 nitrogen and oxygen atoms in total. The van der Waals surface area contributed by atoms with Gasteiger partial charge in [0.05, 0.1) is 297 Å². The fourth-order valence-corrected chi connectivity index (χ4v) is 6.87. The minimum Gasteiger partial charge on any atom is -0.491 e. The molecule has 0 saturated carbocycles. The molecular formula is C60H114O24. The van der Waals surface area contributed by atoms with Crippen LogP contribution >= 0.6 is 0 Å². The summed E-state index contributed by atoms with van der Waals surface area (Å²) >= 11 is 0. The van der Waals surface area contributed by atoms with E-state index < -0.39 is 0 Å². The van der Waals surface area contributed by atoms with Crippen LogP contribution in [-0.4, -0.2) is 309 Å². The van der Waals surface area contributed by atoms with Crippen molar-refractivity contribution in [1.29, 1.82) is 0 Å². The molecule has 0 radical (unpaired) electrons. The summed E-state index contributed by atoms with van der Waals surface area (Å²) in [6.45, 7) is 24.3. The third-order valence-corrected chi connectivity index (χ3v) is 11.3. The van der Waals surface area contributed by atoms with Crippen LogP contribution in [0.15, 0.2) is 24.3 Å². The largest absolute Gasteiger partial charge is 0.491 e. The first kappa shape index (κ1) is 80.1. The van der Waals surface area contributed by atoms with Crippen molar-refractivity contribution in [3.05, 3.63) is 29.8 Å². The van der Waals surface area contributed by atoms with Crippen LogP contribution in [0.5, 0.6) is 5.75 Å². The van der Waals surface area contributed by atoms with Crippen LogP contribution in [0, 0.1) is 0 Å². The Balaban J connectivity index is 1.61. The third-order valence-electron chi connectivity index (χ3n) is 11.3. The molecule has 0 spiro atoms. The monoisotopic (exact) mass is 1220 g/mol. The lowest BCUT2D eigenvalue weighted by Gasteiger charge is -2.09. The SMILES string of the molecule is CCCCCCCCc1ccc(OCCOCCOCCOCCOCCOCCOCCOCCOCCOCCOCCOCCOCCOCCOCCOCCOCCOCCOCCOCCOCCOCCOCCO)cc1. The summed E-state index contributed by atoms with van der Waals surface area (Å²) in [4.78, 5) is 0. The molecule has 0 aliphatic rings. The number of hydrogen-bond donors (Lipinski definition) is 1. The Morgan fingerprint density at radius 2 is 0.393 bits per heavy atom. The van der Waals surface area contributed by atoms with Gasteiger partial charge >= 0.3 is 0 Å². The maximum Gasteiger partial charge on any atom is 0.119 e. The summed E-state index contributed by atoms with van der Waals surface area (Å²) in [5.74, 6) is 0.879. The van der Waals surface area contributed by atoms with Gasteiger partial charge in [0, 0.05) is 0 Å². The predicted molar refractivity (Wildman–Crippen MR) is 314 cm³/mol. The predicted octanol–water partition coefficient (Wildman–Crippen LogP) is 4.33. The molecule has 0 atom stereocenters. The van der Waals surface area contributed by atoms with Gasteiger partial charge in [0.1, 0.15) is 12.4 Å². The molecular weight excluding hydrogens is 1100 g/mol. The molecule has 24 heteroatoms. The van der Waals surface area contributed by atoms with Gasteiger partial charge < -0.3 is 114 Å². The average Bonchev–Trinajstić information content (AvgIpc) is 3.56. The van der Waals surface area contributed by atoms with E-state index in [9.17, 15) is 0 Å². The maximum absolute atomic E-state index is 8.61. The molecule has 0 heterocycles. The first-order chi connectivity index (χ1) is 41.9. The number of aliphatic hydroxyl groups is 1. The van der Waals surface area contributed by atoms with Crippen molar-refractivity contribution >= 4 is 0 Å². The molecule has 1 aromatic rings. The first-order valence-electron chi connectivity index (χ1n) is 30.9. The van der Waals surface area contributed by atoms with Crippen LogP contribution in [0.25, 0.3) is 0 Å². The molecule has 1 rings (SSSR count). The summed E-state index contributed by atoms with van der Waals surface area (Å²) in [7, 11) is 0. The minimum absolute atomic E-state index is 0.0184. The zero-order chi connectivity index (χ0) is 59.7. The van der Waals surface area contributed by atoms with E-state index in [4.69, 9.17) is 114 Å². The van der Waals surface area contributed by atoms with Crippen LogP contribution in [0.1, 0.15) is 51.0 Å². The highest BCUT2D eigenvalue weighted by atomic mass is 16.6. The van der Waals surface area contributed by atoms with Crippen LogP contribution in [0.2, 0.25) is 0 Å². The van der Waals surface area contributed by atoms with Crippen LogP contribution < -0.4 is 4.74 Å². The Kier molecular flexibility index (Phi) is 70.2. The molecule has 0 unspecified atom stereocenters. The van der Waals surface area contributed by atoms with Gasteiger partial charge in [-0.05, 0) is 30.5 Å². The van der Waals surface area contributed by atoms with Gasteiger partial charge in [0.15, 0.2) is 0 Å². The Bertz CT molecular complexity index is 1330. The van der Waals surface area contributed by atoms with Crippen molar-refractivity contribution in [1.82, 2.24) is 0 Å². The fraction of sp³-hybridized carbons (Fsp3) is 0.900. The number of benzene rings is 1. The molecule has 498 valence electrons. The summed E-state index contributed by atoms with van der Waals surface area (Å²) in [6.07, 6.45) is 9.04. The fourth-order valence-electron chi connectivity index (χ4n) is 6.87. The van der Waals surface area contributed by atoms with Crippen molar-refractivity contribution < 1.29 is 114 Å². The van der Waals surface area contributed by atoms with E-state index in [-0.39, 0.29) is 6.61 Å². The van der Waals surface area contributed by atoms with Gasteiger partial charge in [0.2, 0.25) is 0 Å². The standard InChI is InChI=1S/C60H114O24/c1-2-3-4-5-6-7-8-59-9-11-60(12-10-59)84-58-57-83-56-55-82-54-53-81-52-51-80-50-49-79-48-47-78-46-45-77-44-43-76-42-41-75-40-39-74-38-37-73-36-35-72-34-33-71-32-31-70-30-29-69-28-27-68-26-25-67-24-23-66-22-21-65-20-19-64-18-17-63-16-15-62-14-13-61/h9-12,61H,2-8,13-58H2,1H3. The first-order valence-corrected chi connectivity index (χ1v) is 30.9. The van der Waals surface area contributed by atoms with Gasteiger partial charge in [-0.2, -0.15) is 0 Å². The quantitative estimate of drug-likeness (QED) is 0.0895. The average molecular weight is 1220 g/mol. The Labute approximate surface area is 504 Å². The third kappa shape index (κ3) is 67.6. The van der Waals surface area contributed by atoms with Gasteiger partial charge in [-0.15, -0.1) is 0 Å². The number of rotatable bonds is 76. The minimum atomic E-state index is 0.0184. The van der Waals surface area contributed by atoms with Crippen molar-refractivity contribution in [2.45, 2.75) is 51.9 Å². The summed E-state index contributed by atoms with van der Waals surface area (Å²) in [5, 5.41) is 8.61. The Hall–Kier alpha value is -1.90. The van der Waals surface area contributed by atoms with Gasteiger partial charge in [-0.1, -0.05) is 51.2 Å². The van der Waals surface area contributed by atoms with E-state index >= 15 is 0 Å². The van der Waals surface area contributed by atoms with Gasteiger partial charge in [-0.25, -0.2) is 0 Å². The number of hydrogen-bond acceptors (Lipinski definition) is 24. The second kappa shape index (κ2) is 73.6. The maximum atomic E-state index is 8.61. The topological polar surface area (TPSA) is 233 Å². The van der Waals surface area contributed by atoms with E-state index in [1.54, 1.807) is 0 Å². The lowest BCUT2D eigenvalue weighted by atomic mass is 10.0. The van der Waals surface area contributed by atoms with Crippen LogP contribution in [0.3, 0.4) is 0 Å². The number of aryl methyl sites for hydroxylation is 1. The lowest BCUT2D eigenvalue weighted by molar-refractivity contribution is -0.0318. The van der Waals surface area contributed by atoms with E-state index in [1.165, 1.54) is 44.1 Å². The van der Waals surface area contributed by atoms with Crippen molar-refractivity contribution in [2.75, 3.05) is 304 Å². The molecule has 0 saturated heterocycles. The zero-order valence-corrected chi connectivity index (χ0v) is 51.6. The van der Waals surface area contributed by atoms with Crippen molar-refractivity contribution in [2.24, 2.45) is 0 Å². The van der Waals surface area contributed by atoms with E-state index in [0.717, 1.165) is 12.2 Å². The summed E-state index contributed by atoms with van der Waals surface area (Å²) < 4.78 is 127. The van der Waals surface area contributed by atoms with Crippen LogP contribution in [0.4, 0.5) is 0 Å². The summed E-state index contributed by atoms with van der Waals surface area (Å²) in [6, 6.07) is 8.43. The molecule has 0 aliphatic carbocycles. The molecule has 1 N–H and O–H groups in total. The zero-order valence-electron chi connectivity index (χ0n) is 51.6. The van der Waals surface area contributed by atoms with Crippen molar-refractivity contribution in [3.63, 3.8) is 0 Å². The molecule has 0 aromatic heterocycles. The Morgan fingerprint density at radius 1 is 0.214 bits per heavy atom. The van der Waals surface area contributed by atoms with Gasteiger partial charge in [0.25, 0.3) is 0 Å². The summed E-state index contributed by atoms with van der Waals surface area (Å²) in [5.41, 5.74) is 1.37. The Morgan fingerprint density at radius 3 is 0.595 bits per heavy atom.